The van der Waals surface area contributed by atoms with Crippen molar-refractivity contribution in [3.05, 3.63) is 35.6 Å². The van der Waals surface area contributed by atoms with Crippen molar-refractivity contribution >= 4 is 18.3 Å². The summed E-state index contributed by atoms with van der Waals surface area (Å²) in [6, 6.07) is 6.70. The Bertz CT molecular complexity index is 458. The van der Waals surface area contributed by atoms with Crippen molar-refractivity contribution in [1.29, 1.82) is 0 Å². The smallest absolute Gasteiger partial charge is 0.236 e. The van der Waals surface area contributed by atoms with Crippen LogP contribution in [-0.2, 0) is 11.3 Å². The number of nitrogens with zero attached hydrogens (tertiary/aromatic N) is 2. The molecule has 0 bridgehead atoms. The number of nitrogens with two attached hydrogens (primary N) is 1. The largest absolute Gasteiger partial charge is 0.340 e. The highest BCUT2D eigenvalue weighted by Gasteiger charge is 2.22. The fraction of sp³-hybridized carbons (Fsp3) is 0.500. The van der Waals surface area contributed by atoms with Crippen molar-refractivity contribution in [2.45, 2.75) is 19.0 Å². The van der Waals surface area contributed by atoms with Crippen LogP contribution in [-0.4, -0.2) is 48.4 Å². The summed E-state index contributed by atoms with van der Waals surface area (Å²) < 4.78 is 13.5. The third-order valence-electron chi connectivity index (χ3n) is 3.46. The van der Waals surface area contributed by atoms with Crippen LogP contribution in [0.4, 0.5) is 4.39 Å². The molecule has 20 heavy (non-hydrogen) atoms. The SMILES string of the molecule is CN(Cc1ccccc1F)C(=O)CN1CCC(N)C1.Cl. The molecule has 0 radical (unpaired) electrons. The second kappa shape index (κ2) is 7.57. The first-order valence-corrected chi connectivity index (χ1v) is 6.51. The van der Waals surface area contributed by atoms with Crippen molar-refractivity contribution in [3.8, 4) is 0 Å². The van der Waals surface area contributed by atoms with Crippen molar-refractivity contribution in [2.24, 2.45) is 5.73 Å². The third-order valence-corrected chi connectivity index (χ3v) is 3.46. The van der Waals surface area contributed by atoms with Gasteiger partial charge in [-0.15, -0.1) is 12.4 Å². The van der Waals surface area contributed by atoms with E-state index in [-0.39, 0.29) is 30.2 Å². The zero-order valence-corrected chi connectivity index (χ0v) is 12.4. The highest BCUT2D eigenvalue weighted by atomic mass is 35.5. The van der Waals surface area contributed by atoms with Crippen LogP contribution >= 0.6 is 12.4 Å². The molecule has 1 heterocycles. The van der Waals surface area contributed by atoms with Crippen LogP contribution in [0.15, 0.2) is 24.3 Å². The molecule has 6 heteroatoms. The van der Waals surface area contributed by atoms with Gasteiger partial charge in [0.1, 0.15) is 5.82 Å². The van der Waals surface area contributed by atoms with Crippen molar-refractivity contribution in [1.82, 2.24) is 9.80 Å². The average molecular weight is 302 g/mol. The van der Waals surface area contributed by atoms with E-state index in [2.05, 4.69) is 0 Å². The van der Waals surface area contributed by atoms with Gasteiger partial charge >= 0.3 is 0 Å². The number of likely N-dealkylation sites (N-methyl/N-ethyl adjacent to an activating group) is 1. The Morgan fingerprint density at radius 2 is 2.20 bits per heavy atom. The zero-order chi connectivity index (χ0) is 13.8. The van der Waals surface area contributed by atoms with Crippen LogP contribution in [0.2, 0.25) is 0 Å². The van der Waals surface area contributed by atoms with Crippen LogP contribution in [0.25, 0.3) is 0 Å². The minimum Gasteiger partial charge on any atom is -0.340 e. The molecule has 0 saturated carbocycles. The Balaban J connectivity index is 0.00000200. The summed E-state index contributed by atoms with van der Waals surface area (Å²) in [5, 5.41) is 0. The summed E-state index contributed by atoms with van der Waals surface area (Å²) in [6.45, 7) is 2.28. The molecule has 4 nitrogen and oxygen atoms in total. The van der Waals surface area contributed by atoms with Crippen LogP contribution in [0, 0.1) is 5.82 Å². The number of benzene rings is 1. The lowest BCUT2D eigenvalue weighted by Gasteiger charge is -2.21. The quantitative estimate of drug-likeness (QED) is 0.910. The third kappa shape index (κ3) is 4.44. The van der Waals surface area contributed by atoms with Crippen molar-refractivity contribution in [2.75, 3.05) is 26.7 Å². The van der Waals surface area contributed by atoms with Gasteiger partial charge < -0.3 is 10.6 Å². The maximum Gasteiger partial charge on any atom is 0.236 e. The minimum absolute atomic E-state index is 0. The van der Waals surface area contributed by atoms with E-state index in [9.17, 15) is 9.18 Å². The van der Waals surface area contributed by atoms with E-state index in [1.807, 2.05) is 4.90 Å². The molecule has 1 aliphatic rings. The molecule has 1 aromatic carbocycles. The van der Waals surface area contributed by atoms with E-state index < -0.39 is 0 Å². The Morgan fingerprint density at radius 1 is 1.50 bits per heavy atom. The zero-order valence-electron chi connectivity index (χ0n) is 11.6. The number of rotatable bonds is 4. The molecule has 1 unspecified atom stereocenters. The predicted octanol–water partition coefficient (Wildman–Crippen LogP) is 1.24. The first kappa shape index (κ1) is 16.9. The number of carbonyl (C=O) groups is 1. The van der Waals surface area contributed by atoms with E-state index in [4.69, 9.17) is 5.73 Å². The van der Waals surface area contributed by atoms with Gasteiger partial charge in [-0.05, 0) is 12.5 Å². The van der Waals surface area contributed by atoms with Crippen molar-refractivity contribution in [3.63, 3.8) is 0 Å². The minimum atomic E-state index is -0.273. The Kier molecular flexibility index (Phi) is 6.39. The maximum atomic E-state index is 13.5. The summed E-state index contributed by atoms with van der Waals surface area (Å²) >= 11 is 0. The molecule has 0 spiro atoms. The van der Waals surface area contributed by atoms with Crippen LogP contribution in [0.3, 0.4) is 0 Å². The van der Waals surface area contributed by atoms with Gasteiger partial charge in [-0.2, -0.15) is 0 Å². The van der Waals surface area contributed by atoms with Crippen LogP contribution in [0.1, 0.15) is 12.0 Å². The number of likely N-dealkylation sites (tertiary alicyclic amines) is 1. The summed E-state index contributed by atoms with van der Waals surface area (Å²) in [6.07, 6.45) is 0.935. The number of hydrogen-bond donors (Lipinski definition) is 1. The van der Waals surface area contributed by atoms with Gasteiger partial charge in [0.25, 0.3) is 0 Å². The molecular weight excluding hydrogens is 281 g/mol. The average Bonchev–Trinajstić information content (AvgIpc) is 2.77. The standard InChI is InChI=1S/C14H20FN3O.ClH/c1-17(8-11-4-2-3-5-13(11)15)14(19)10-18-7-6-12(16)9-18;/h2-5,12H,6-10,16H2,1H3;1H. The summed E-state index contributed by atoms with van der Waals surface area (Å²) in [7, 11) is 1.70. The van der Waals surface area contributed by atoms with Gasteiger partial charge in [0.05, 0.1) is 6.54 Å². The molecule has 0 aliphatic carbocycles. The molecule has 1 saturated heterocycles. The van der Waals surface area contributed by atoms with Crippen molar-refractivity contribution < 1.29 is 9.18 Å². The molecule has 1 amide bonds. The number of halogens is 2. The normalized spacial score (nSPS) is 18.6. The lowest BCUT2D eigenvalue weighted by Crippen LogP contribution is -2.38. The molecule has 1 fully saturated rings. The molecule has 2 rings (SSSR count). The lowest BCUT2D eigenvalue weighted by molar-refractivity contribution is -0.131. The fourth-order valence-corrected chi connectivity index (χ4v) is 2.29. The molecule has 1 aromatic rings. The Morgan fingerprint density at radius 3 is 2.80 bits per heavy atom. The molecule has 112 valence electrons. The molecule has 2 N–H and O–H groups in total. The van der Waals surface area contributed by atoms with Crippen LogP contribution < -0.4 is 5.73 Å². The van der Waals surface area contributed by atoms with Crippen LogP contribution in [0.5, 0.6) is 0 Å². The maximum absolute atomic E-state index is 13.5. The first-order valence-electron chi connectivity index (χ1n) is 6.51. The van der Waals surface area contributed by atoms with Gasteiger partial charge in [-0.3, -0.25) is 9.69 Å². The van der Waals surface area contributed by atoms with E-state index in [1.165, 1.54) is 6.07 Å². The number of amides is 1. The summed E-state index contributed by atoms with van der Waals surface area (Å²) in [5.41, 5.74) is 6.34. The van der Waals surface area contributed by atoms with Gasteiger partial charge in [0.15, 0.2) is 0 Å². The van der Waals surface area contributed by atoms with Gasteiger partial charge in [0.2, 0.25) is 5.91 Å². The lowest BCUT2D eigenvalue weighted by atomic mass is 10.2. The molecule has 1 atom stereocenters. The Labute approximate surface area is 125 Å². The highest BCUT2D eigenvalue weighted by Crippen LogP contribution is 2.10. The molecular formula is C14H21ClFN3O. The van der Waals surface area contributed by atoms with Gasteiger partial charge in [-0.1, -0.05) is 18.2 Å². The van der Waals surface area contributed by atoms with E-state index in [0.29, 0.717) is 18.7 Å². The highest BCUT2D eigenvalue weighted by molar-refractivity contribution is 5.85. The first-order chi connectivity index (χ1) is 9.06. The topological polar surface area (TPSA) is 49.6 Å². The predicted molar refractivity (Wildman–Crippen MR) is 79.2 cm³/mol. The number of hydrogen-bond acceptors (Lipinski definition) is 3. The van der Waals surface area contributed by atoms with Gasteiger partial charge in [0, 0.05) is 38.3 Å². The second-order valence-corrected chi connectivity index (χ2v) is 5.13. The second-order valence-electron chi connectivity index (χ2n) is 5.13. The monoisotopic (exact) mass is 301 g/mol. The van der Waals surface area contributed by atoms with E-state index in [0.717, 1.165) is 19.5 Å². The van der Waals surface area contributed by atoms with E-state index >= 15 is 0 Å². The molecule has 0 aromatic heterocycles. The van der Waals surface area contributed by atoms with Gasteiger partial charge in [-0.25, -0.2) is 4.39 Å². The van der Waals surface area contributed by atoms with E-state index in [1.54, 1.807) is 30.1 Å². The Hall–Kier alpha value is -1.17. The fourth-order valence-electron chi connectivity index (χ4n) is 2.29. The number of carbonyl (C=O) groups excluding carboxylic acids is 1. The summed E-state index contributed by atoms with van der Waals surface area (Å²) in [5.74, 6) is -0.275. The summed E-state index contributed by atoms with van der Waals surface area (Å²) in [4.78, 5) is 15.6. The molecule has 1 aliphatic heterocycles.